The van der Waals surface area contributed by atoms with Gasteiger partial charge in [0, 0.05) is 48.9 Å². The number of rotatable bonds is 18. The van der Waals surface area contributed by atoms with Gasteiger partial charge in [0.05, 0.1) is 41.5 Å². The maximum Gasteiger partial charge on any atom is 0.268 e. The van der Waals surface area contributed by atoms with Crippen molar-refractivity contribution in [2.45, 2.75) is 50.5 Å². The number of hydrogen-bond acceptors (Lipinski definition) is 10. The number of benzene rings is 3. The average Bonchev–Trinajstić information content (AvgIpc) is 3.92. The van der Waals surface area contributed by atoms with Gasteiger partial charge in [-0.25, -0.2) is 26.9 Å². The second kappa shape index (κ2) is 19.5. The number of pyridine rings is 1. The van der Waals surface area contributed by atoms with Gasteiger partial charge in [0.25, 0.3) is 15.9 Å². The van der Waals surface area contributed by atoms with Crippen LogP contribution in [-0.2, 0) is 10.0 Å². The van der Waals surface area contributed by atoms with Crippen LogP contribution in [0, 0.1) is 11.3 Å². The quantitative estimate of drug-likeness (QED) is 0.0629. The number of allylic oxidation sites excluding steroid dienone is 1. The molecule has 2 aliphatic rings. The van der Waals surface area contributed by atoms with E-state index in [1.807, 2.05) is 18.2 Å². The largest absolute Gasteiger partial charge is 0.476 e. The molecule has 1 fully saturated rings. The first-order valence-corrected chi connectivity index (χ1v) is 22.4. The van der Waals surface area contributed by atoms with Gasteiger partial charge in [0.15, 0.2) is 0 Å². The second-order valence-corrected chi connectivity index (χ2v) is 18.8. The number of H-pyrrole nitrogens is 1. The second-order valence-electron chi connectivity index (χ2n) is 16.2. The Bertz CT molecular complexity index is 2480. The van der Waals surface area contributed by atoms with Crippen LogP contribution in [0.3, 0.4) is 0 Å². The SMILES string of the molecule is CC1(C)CCC(CNCCNc2ccc(C(=O)NS(=O)(=O)c3cnc(OC[C@@H]4CCN(C(CF)CF)C4)c(Cl)c3)c(Oc3cccc4[nH]ncc34)c2)=C(c2ccc(Cl)cc2)C1. The lowest BCUT2D eigenvalue weighted by atomic mass is 9.72. The molecule has 0 bridgehead atoms. The van der Waals surface area contributed by atoms with Crippen molar-refractivity contribution in [2.75, 3.05) is 58.0 Å². The molecule has 1 amide bonds. The molecule has 1 aliphatic heterocycles. The van der Waals surface area contributed by atoms with Crippen LogP contribution >= 0.6 is 23.2 Å². The van der Waals surface area contributed by atoms with Gasteiger partial charge in [-0.2, -0.15) is 5.10 Å². The molecule has 3 aromatic carbocycles. The number of carbonyl (C=O) groups excluding carboxylic acids is 1. The first-order valence-electron chi connectivity index (χ1n) is 20.2. The van der Waals surface area contributed by atoms with E-state index in [1.165, 1.54) is 22.8 Å². The van der Waals surface area contributed by atoms with Crippen molar-refractivity contribution >= 4 is 61.3 Å². The van der Waals surface area contributed by atoms with Crippen molar-refractivity contribution in [2.24, 2.45) is 11.3 Å². The van der Waals surface area contributed by atoms with Crippen LogP contribution in [-0.4, -0.2) is 93.1 Å². The van der Waals surface area contributed by atoms with E-state index < -0.39 is 35.3 Å². The number of sulfonamides is 1. The summed E-state index contributed by atoms with van der Waals surface area (Å²) < 4.78 is 67.6. The molecule has 61 heavy (non-hydrogen) atoms. The molecule has 12 nitrogen and oxygen atoms in total. The Morgan fingerprint density at radius 2 is 1.84 bits per heavy atom. The van der Waals surface area contributed by atoms with Gasteiger partial charge in [-0.15, -0.1) is 0 Å². The molecule has 3 heterocycles. The smallest absolute Gasteiger partial charge is 0.268 e. The van der Waals surface area contributed by atoms with Crippen LogP contribution < -0.4 is 24.8 Å². The number of fused-ring (bicyclic) bond motifs is 1. The molecule has 1 saturated heterocycles. The fourth-order valence-electron chi connectivity index (χ4n) is 7.73. The minimum Gasteiger partial charge on any atom is -0.476 e. The highest BCUT2D eigenvalue weighted by Crippen LogP contribution is 2.43. The van der Waals surface area contributed by atoms with Gasteiger partial charge in [-0.05, 0) is 91.2 Å². The lowest BCUT2D eigenvalue weighted by molar-refractivity contribution is 0.0979. The highest BCUT2D eigenvalue weighted by Gasteiger charge is 2.30. The molecule has 1 aliphatic carbocycles. The van der Waals surface area contributed by atoms with Gasteiger partial charge in [-0.3, -0.25) is 14.8 Å². The first-order chi connectivity index (χ1) is 29.3. The van der Waals surface area contributed by atoms with E-state index >= 15 is 0 Å². The van der Waals surface area contributed by atoms with Crippen molar-refractivity contribution in [3.8, 4) is 17.4 Å². The van der Waals surface area contributed by atoms with Gasteiger partial charge in [0.2, 0.25) is 5.88 Å². The fourth-order valence-corrected chi connectivity index (χ4v) is 9.08. The lowest BCUT2D eigenvalue weighted by Crippen LogP contribution is -2.37. The Balaban J connectivity index is 1.02. The number of amides is 1. The van der Waals surface area contributed by atoms with Crippen LogP contribution in [0.15, 0.2) is 89.6 Å². The third-order valence-electron chi connectivity index (χ3n) is 11.2. The minimum absolute atomic E-state index is 0.00173. The molecule has 0 unspecified atom stereocenters. The summed E-state index contributed by atoms with van der Waals surface area (Å²) >= 11 is 12.6. The number of hydrogen-bond donors (Lipinski definition) is 4. The Morgan fingerprint density at radius 3 is 2.61 bits per heavy atom. The van der Waals surface area contributed by atoms with Gasteiger partial charge < -0.3 is 20.1 Å². The third kappa shape index (κ3) is 11.0. The summed E-state index contributed by atoms with van der Waals surface area (Å²) in [5, 5.41) is 15.3. The van der Waals surface area contributed by atoms with Gasteiger partial charge in [-0.1, -0.05) is 60.8 Å². The monoisotopic (exact) mass is 895 g/mol. The molecule has 1 atom stereocenters. The van der Waals surface area contributed by atoms with E-state index in [4.69, 9.17) is 32.7 Å². The fraction of sp³-hybridized carbons (Fsp3) is 0.386. The molecule has 4 N–H and O–H groups in total. The molecule has 0 spiro atoms. The van der Waals surface area contributed by atoms with Crippen molar-refractivity contribution in [1.82, 2.24) is 30.1 Å². The summed E-state index contributed by atoms with van der Waals surface area (Å²) in [4.78, 5) is 19.3. The van der Waals surface area contributed by atoms with E-state index in [-0.39, 0.29) is 45.1 Å². The maximum absolute atomic E-state index is 13.8. The molecular weight excluding hydrogens is 847 g/mol. The number of likely N-dealkylation sites (tertiary alicyclic amines) is 1. The zero-order valence-corrected chi connectivity index (χ0v) is 36.3. The normalized spacial score (nSPS) is 16.9. The number of nitrogens with one attached hydrogen (secondary N) is 4. The topological polar surface area (TPSA) is 151 Å². The molecule has 0 radical (unpaired) electrons. The van der Waals surface area contributed by atoms with E-state index in [0.29, 0.717) is 60.0 Å². The molecule has 324 valence electrons. The number of aromatic amines is 1. The summed E-state index contributed by atoms with van der Waals surface area (Å²) in [6.07, 6.45) is 6.42. The number of aromatic nitrogens is 3. The van der Waals surface area contributed by atoms with Crippen molar-refractivity contribution in [3.05, 3.63) is 106 Å². The van der Waals surface area contributed by atoms with Crippen LogP contribution in [0.5, 0.6) is 17.4 Å². The van der Waals surface area contributed by atoms with Crippen molar-refractivity contribution in [3.63, 3.8) is 0 Å². The average molecular weight is 897 g/mol. The number of ether oxygens (including phenoxy) is 2. The van der Waals surface area contributed by atoms with Crippen molar-refractivity contribution in [1.29, 1.82) is 0 Å². The summed E-state index contributed by atoms with van der Waals surface area (Å²) in [5.74, 6) is -0.438. The van der Waals surface area contributed by atoms with Gasteiger partial charge >= 0.3 is 0 Å². The molecule has 17 heteroatoms. The zero-order chi connectivity index (χ0) is 43.1. The molecule has 0 saturated carbocycles. The molecule has 5 aromatic rings. The minimum atomic E-state index is -4.47. The third-order valence-corrected chi connectivity index (χ3v) is 13.0. The zero-order valence-electron chi connectivity index (χ0n) is 33.9. The predicted molar refractivity (Wildman–Crippen MR) is 235 cm³/mol. The van der Waals surface area contributed by atoms with E-state index in [1.54, 1.807) is 35.4 Å². The lowest BCUT2D eigenvalue weighted by Gasteiger charge is -2.34. The number of carbonyl (C=O) groups is 1. The number of nitrogens with zero attached hydrogens (tertiary/aromatic N) is 3. The highest BCUT2D eigenvalue weighted by molar-refractivity contribution is 7.90. The Labute approximate surface area is 364 Å². The summed E-state index contributed by atoms with van der Waals surface area (Å²) in [6.45, 7) is 6.18. The summed E-state index contributed by atoms with van der Waals surface area (Å²) in [5.41, 5.74) is 5.48. The Kier molecular flexibility index (Phi) is 14.1. The maximum atomic E-state index is 13.8. The Morgan fingerprint density at radius 1 is 1.03 bits per heavy atom. The number of alkyl halides is 2. The van der Waals surface area contributed by atoms with E-state index in [2.05, 4.69) is 56.5 Å². The highest BCUT2D eigenvalue weighted by atomic mass is 35.5. The standard InChI is InChI=1S/C44H49Cl2F2N7O5S/c1-44(2)14-12-30(36(20-44)29-6-8-31(45)9-7-29)23-49-15-16-50-32-10-11-35(41(18-32)60-40-5-3-4-39-37(40)25-52-53-39)42(56)54-61(57,58)34-19-38(46)43(51-24-34)59-27-28-13-17-55(26-28)33(21-47)22-48/h3-11,18-19,24-25,28,33,49-50H,12-17,20-23,26-27H2,1-2H3,(H,52,53)(H,54,56)/t28-/m1/s1. The molecule has 7 rings (SSSR count). The number of halogens is 4. The first kappa shape index (κ1) is 44.3. The summed E-state index contributed by atoms with van der Waals surface area (Å²) in [6, 6.07) is 18.6. The van der Waals surface area contributed by atoms with Crippen LogP contribution in [0.2, 0.25) is 10.0 Å². The molecular formula is C44H49Cl2F2N7O5S. The van der Waals surface area contributed by atoms with E-state index in [0.717, 1.165) is 38.1 Å². The van der Waals surface area contributed by atoms with Gasteiger partial charge in [0.1, 0.15) is 34.8 Å². The van der Waals surface area contributed by atoms with Crippen LogP contribution in [0.1, 0.15) is 55.5 Å². The predicted octanol–water partition coefficient (Wildman–Crippen LogP) is 8.85. The van der Waals surface area contributed by atoms with Crippen molar-refractivity contribution < 1.29 is 31.5 Å². The number of anilines is 1. The molecule has 2 aromatic heterocycles. The summed E-state index contributed by atoms with van der Waals surface area (Å²) in [7, 11) is -4.47. The van der Waals surface area contributed by atoms with Crippen LogP contribution in [0.4, 0.5) is 14.5 Å². The van der Waals surface area contributed by atoms with Crippen LogP contribution in [0.25, 0.3) is 16.5 Å². The Hall–Kier alpha value is -4.80. The van der Waals surface area contributed by atoms with E-state index in [9.17, 15) is 22.0 Å².